The maximum Gasteiger partial charge on any atom is 0.223 e. The topological polar surface area (TPSA) is 32.3 Å². The van der Waals surface area contributed by atoms with Crippen LogP contribution in [0.5, 0.6) is 0 Å². The van der Waals surface area contributed by atoms with Crippen LogP contribution in [-0.2, 0) is 11.3 Å². The fourth-order valence-electron chi connectivity index (χ4n) is 4.46. The molecule has 2 unspecified atom stereocenters. The zero-order chi connectivity index (χ0) is 18.0. The molecule has 1 aromatic heterocycles. The molecule has 3 nitrogen and oxygen atoms in total. The number of thiophene rings is 1. The van der Waals surface area contributed by atoms with Crippen molar-refractivity contribution >= 4 is 17.2 Å². The number of nitrogens with zero attached hydrogens (tertiary/aromatic N) is 1. The van der Waals surface area contributed by atoms with Crippen LogP contribution >= 0.6 is 11.3 Å². The van der Waals surface area contributed by atoms with Gasteiger partial charge in [0, 0.05) is 19.0 Å². The van der Waals surface area contributed by atoms with Gasteiger partial charge in [-0.15, -0.1) is 0 Å². The van der Waals surface area contributed by atoms with Crippen LogP contribution in [0.25, 0.3) is 0 Å². The van der Waals surface area contributed by atoms with Crippen molar-refractivity contribution in [2.24, 2.45) is 5.41 Å². The monoisotopic (exact) mass is 368 g/mol. The van der Waals surface area contributed by atoms with Crippen molar-refractivity contribution in [3.8, 4) is 0 Å². The molecule has 2 heterocycles. The predicted octanol–water partition coefficient (Wildman–Crippen LogP) is 4.41. The number of benzene rings is 1. The Balaban J connectivity index is 1.48. The Bertz CT molecular complexity index is 722. The first-order valence-corrected chi connectivity index (χ1v) is 10.7. The minimum absolute atomic E-state index is 0.261. The lowest BCUT2D eigenvalue weighted by molar-refractivity contribution is -0.133. The third-order valence-electron chi connectivity index (χ3n) is 6.22. The molecule has 2 aromatic rings. The summed E-state index contributed by atoms with van der Waals surface area (Å²) in [6, 6.07) is 13.0. The second kappa shape index (κ2) is 7.53. The molecule has 1 spiro atoms. The van der Waals surface area contributed by atoms with Crippen molar-refractivity contribution in [2.45, 2.75) is 51.1 Å². The van der Waals surface area contributed by atoms with Crippen LogP contribution in [0.4, 0.5) is 0 Å². The zero-order valence-corrected chi connectivity index (χ0v) is 16.3. The fourth-order valence-corrected chi connectivity index (χ4v) is 5.12. The summed E-state index contributed by atoms with van der Waals surface area (Å²) in [7, 11) is 0. The van der Waals surface area contributed by atoms with E-state index in [0.717, 1.165) is 19.6 Å². The van der Waals surface area contributed by atoms with Crippen LogP contribution in [-0.4, -0.2) is 29.9 Å². The summed E-state index contributed by atoms with van der Waals surface area (Å²) in [4.78, 5) is 15.5. The molecular formula is C22H28N2OS. The largest absolute Gasteiger partial charge is 0.335 e. The van der Waals surface area contributed by atoms with E-state index in [1.807, 2.05) is 6.07 Å². The number of hydrogen-bond donors (Lipinski definition) is 1. The van der Waals surface area contributed by atoms with Crippen LogP contribution in [0.1, 0.15) is 49.7 Å². The van der Waals surface area contributed by atoms with E-state index in [1.54, 1.807) is 11.3 Å². The normalized spacial score (nSPS) is 22.1. The van der Waals surface area contributed by atoms with E-state index in [2.05, 4.69) is 58.2 Å². The van der Waals surface area contributed by atoms with E-state index < -0.39 is 0 Å². The van der Waals surface area contributed by atoms with Gasteiger partial charge in [0.2, 0.25) is 5.91 Å². The smallest absolute Gasteiger partial charge is 0.223 e. The highest BCUT2D eigenvalue weighted by Gasteiger charge is 2.57. The average molecular weight is 369 g/mol. The number of hydrogen-bond acceptors (Lipinski definition) is 3. The van der Waals surface area contributed by atoms with Crippen LogP contribution in [0, 0.1) is 5.41 Å². The summed E-state index contributed by atoms with van der Waals surface area (Å²) in [5, 5.41) is 7.75. The van der Waals surface area contributed by atoms with E-state index in [-0.39, 0.29) is 5.92 Å². The number of rotatable bonds is 6. The van der Waals surface area contributed by atoms with Crippen molar-refractivity contribution in [3.63, 3.8) is 0 Å². The van der Waals surface area contributed by atoms with Gasteiger partial charge in [-0.25, -0.2) is 0 Å². The van der Waals surface area contributed by atoms with Crippen molar-refractivity contribution < 1.29 is 4.79 Å². The molecule has 1 aromatic carbocycles. The maximum atomic E-state index is 13.3. The highest BCUT2D eigenvalue weighted by Crippen LogP contribution is 2.56. The molecule has 1 amide bonds. The predicted molar refractivity (Wildman–Crippen MR) is 107 cm³/mol. The first-order valence-electron chi connectivity index (χ1n) is 9.74. The Morgan fingerprint density at radius 2 is 2.04 bits per heavy atom. The van der Waals surface area contributed by atoms with Crippen LogP contribution < -0.4 is 5.32 Å². The van der Waals surface area contributed by atoms with Gasteiger partial charge in [-0.05, 0) is 71.6 Å². The minimum atomic E-state index is 0.261. The molecule has 0 radical (unpaired) electrons. The molecule has 4 rings (SSSR count). The van der Waals surface area contributed by atoms with Crippen LogP contribution in [0.15, 0.2) is 47.2 Å². The van der Waals surface area contributed by atoms with E-state index in [9.17, 15) is 4.79 Å². The van der Waals surface area contributed by atoms with Gasteiger partial charge in [-0.2, -0.15) is 11.3 Å². The highest BCUT2D eigenvalue weighted by molar-refractivity contribution is 7.07. The van der Waals surface area contributed by atoms with Gasteiger partial charge in [0.25, 0.3) is 0 Å². The Labute approximate surface area is 160 Å². The second-order valence-corrected chi connectivity index (χ2v) is 8.78. The van der Waals surface area contributed by atoms with Crippen molar-refractivity contribution in [1.82, 2.24) is 10.2 Å². The van der Waals surface area contributed by atoms with Crippen LogP contribution in [0.3, 0.4) is 0 Å². The molecule has 4 heteroatoms. The molecule has 2 aliphatic rings. The van der Waals surface area contributed by atoms with Gasteiger partial charge < -0.3 is 10.2 Å². The van der Waals surface area contributed by atoms with Gasteiger partial charge in [0.15, 0.2) is 0 Å². The van der Waals surface area contributed by atoms with Crippen molar-refractivity contribution in [1.29, 1.82) is 0 Å². The molecule has 1 saturated heterocycles. The molecule has 0 bridgehead atoms. The second-order valence-electron chi connectivity index (χ2n) is 8.00. The first-order chi connectivity index (χ1) is 12.7. The van der Waals surface area contributed by atoms with Gasteiger partial charge >= 0.3 is 0 Å². The number of carbonyl (C=O) groups excluding carboxylic acids is 1. The first kappa shape index (κ1) is 17.7. The Morgan fingerprint density at radius 3 is 2.73 bits per heavy atom. The summed E-state index contributed by atoms with van der Waals surface area (Å²) < 4.78 is 0. The molecule has 138 valence electrons. The summed E-state index contributed by atoms with van der Waals surface area (Å²) >= 11 is 1.72. The molecule has 2 atom stereocenters. The summed E-state index contributed by atoms with van der Waals surface area (Å²) in [6.07, 6.45) is 4.20. The fraction of sp³-hybridized carbons (Fsp3) is 0.500. The van der Waals surface area contributed by atoms with Gasteiger partial charge in [0.1, 0.15) is 0 Å². The summed E-state index contributed by atoms with van der Waals surface area (Å²) in [6.45, 7) is 5.13. The maximum absolute atomic E-state index is 13.3. The zero-order valence-electron chi connectivity index (χ0n) is 15.5. The lowest BCUT2D eigenvalue weighted by Gasteiger charge is -2.30. The van der Waals surface area contributed by atoms with Crippen molar-refractivity contribution in [2.75, 3.05) is 13.1 Å². The molecule has 1 N–H and O–H groups in total. The third kappa shape index (κ3) is 3.72. The van der Waals surface area contributed by atoms with Crippen molar-refractivity contribution in [3.05, 3.63) is 58.3 Å². The lowest BCUT2D eigenvalue weighted by Crippen LogP contribution is -2.39. The number of carbonyl (C=O) groups is 1. The van der Waals surface area contributed by atoms with E-state index in [4.69, 9.17) is 0 Å². The number of amides is 1. The number of nitrogens with one attached hydrogen (secondary N) is 1. The molecule has 2 fully saturated rings. The minimum Gasteiger partial charge on any atom is -0.335 e. The highest BCUT2D eigenvalue weighted by atomic mass is 32.1. The van der Waals surface area contributed by atoms with Gasteiger partial charge in [-0.3, -0.25) is 4.79 Å². The molecule has 1 saturated carbocycles. The van der Waals surface area contributed by atoms with Gasteiger partial charge in [0.05, 0.1) is 0 Å². The lowest BCUT2D eigenvalue weighted by atomic mass is 9.93. The third-order valence-corrected chi connectivity index (χ3v) is 6.96. The number of piperidine rings is 1. The van der Waals surface area contributed by atoms with E-state index in [0.29, 0.717) is 23.8 Å². The Morgan fingerprint density at radius 1 is 1.27 bits per heavy atom. The van der Waals surface area contributed by atoms with Crippen LogP contribution in [0.2, 0.25) is 0 Å². The SMILES string of the molecule is CC(CC(=O)N(Cc1ccsc1)C1CC12CCNCC2)c1ccccc1. The molecule has 1 aliphatic carbocycles. The quantitative estimate of drug-likeness (QED) is 0.819. The summed E-state index contributed by atoms with van der Waals surface area (Å²) in [5.41, 5.74) is 2.91. The Kier molecular flexibility index (Phi) is 5.14. The Hall–Kier alpha value is -1.65. The van der Waals surface area contributed by atoms with E-state index >= 15 is 0 Å². The standard InChI is InChI=1S/C22H28N2OS/c1-17(19-5-3-2-4-6-19)13-21(25)24(15-18-7-12-26-16-18)20-14-22(20)8-10-23-11-9-22/h2-7,12,16-17,20,23H,8-11,13-15H2,1H3. The molecular weight excluding hydrogens is 340 g/mol. The average Bonchev–Trinajstić information content (AvgIpc) is 3.09. The van der Waals surface area contributed by atoms with Gasteiger partial charge in [-0.1, -0.05) is 37.3 Å². The van der Waals surface area contributed by atoms with E-state index in [1.165, 1.54) is 30.4 Å². The summed E-state index contributed by atoms with van der Waals surface area (Å²) in [5.74, 6) is 0.573. The molecule has 26 heavy (non-hydrogen) atoms. The molecule has 1 aliphatic heterocycles.